The summed E-state index contributed by atoms with van der Waals surface area (Å²) < 4.78 is 5.54. The number of fused-ring (bicyclic) bond motifs is 1. The van der Waals surface area contributed by atoms with Gasteiger partial charge in [0.1, 0.15) is 22.6 Å². The lowest BCUT2D eigenvalue weighted by Gasteiger charge is -2.02. The van der Waals surface area contributed by atoms with Crippen molar-refractivity contribution in [2.45, 2.75) is 13.5 Å². The summed E-state index contributed by atoms with van der Waals surface area (Å²) in [6.45, 7) is 1.82. The summed E-state index contributed by atoms with van der Waals surface area (Å²) in [4.78, 5) is 31.3. The van der Waals surface area contributed by atoms with Gasteiger partial charge in [0.25, 0.3) is 5.91 Å². The maximum atomic E-state index is 12.0. The van der Waals surface area contributed by atoms with E-state index in [-0.39, 0.29) is 23.4 Å². The quantitative estimate of drug-likeness (QED) is 0.753. The number of rotatable bonds is 4. The van der Waals surface area contributed by atoms with Gasteiger partial charge in [0, 0.05) is 16.6 Å². The number of benzene rings is 1. The molecule has 7 nitrogen and oxygen atoms in total. The maximum Gasteiger partial charge on any atom is 0.339 e. The second-order valence-electron chi connectivity index (χ2n) is 5.12. The number of amides is 1. The van der Waals surface area contributed by atoms with Gasteiger partial charge < -0.3 is 14.8 Å². The standard InChI is InChI=1S/C16H12ClN3O4/c1-8-5-18-7-13(20-8)15(21)19-6-11-3-9-2-10(17)4-12(16(22)23)14(9)24-11/h2-5,7H,6H2,1H3,(H,19,21)(H,22,23). The van der Waals surface area contributed by atoms with Crippen molar-refractivity contribution in [2.75, 3.05) is 0 Å². The monoisotopic (exact) mass is 345 g/mol. The Labute approximate surface area is 141 Å². The molecule has 3 rings (SSSR count). The Morgan fingerprint density at radius 2 is 2.08 bits per heavy atom. The topological polar surface area (TPSA) is 105 Å². The number of hydrogen-bond donors (Lipinski definition) is 2. The van der Waals surface area contributed by atoms with E-state index in [1.165, 1.54) is 12.3 Å². The van der Waals surface area contributed by atoms with Gasteiger partial charge >= 0.3 is 5.97 Å². The molecule has 2 N–H and O–H groups in total. The second-order valence-corrected chi connectivity index (χ2v) is 5.55. The smallest absolute Gasteiger partial charge is 0.339 e. The van der Waals surface area contributed by atoms with E-state index in [9.17, 15) is 14.7 Å². The third kappa shape index (κ3) is 3.21. The van der Waals surface area contributed by atoms with Crippen LogP contribution in [0.2, 0.25) is 5.02 Å². The van der Waals surface area contributed by atoms with E-state index in [1.54, 1.807) is 25.3 Å². The fraction of sp³-hybridized carbons (Fsp3) is 0.125. The number of nitrogens with zero attached hydrogens (tertiary/aromatic N) is 2. The number of nitrogens with one attached hydrogen (secondary N) is 1. The lowest BCUT2D eigenvalue weighted by atomic mass is 10.1. The average molecular weight is 346 g/mol. The van der Waals surface area contributed by atoms with Crippen molar-refractivity contribution >= 4 is 34.4 Å². The molecular formula is C16H12ClN3O4. The molecule has 2 aromatic heterocycles. The normalized spacial score (nSPS) is 10.8. The van der Waals surface area contributed by atoms with E-state index in [1.807, 2.05) is 0 Å². The first kappa shape index (κ1) is 15.9. The number of hydrogen-bond acceptors (Lipinski definition) is 5. The summed E-state index contributed by atoms with van der Waals surface area (Å²) in [5.74, 6) is -1.13. The minimum absolute atomic E-state index is 0.0281. The van der Waals surface area contributed by atoms with E-state index >= 15 is 0 Å². The molecule has 0 atom stereocenters. The Hall–Kier alpha value is -2.93. The van der Waals surface area contributed by atoms with Crippen molar-refractivity contribution in [3.05, 3.63) is 58.3 Å². The molecule has 1 aromatic carbocycles. The third-order valence-electron chi connectivity index (χ3n) is 3.27. The second kappa shape index (κ2) is 6.29. The van der Waals surface area contributed by atoms with Gasteiger partial charge in [0.15, 0.2) is 0 Å². The molecule has 0 saturated carbocycles. The van der Waals surface area contributed by atoms with Crippen LogP contribution >= 0.6 is 11.6 Å². The van der Waals surface area contributed by atoms with Crippen LogP contribution in [0.25, 0.3) is 11.0 Å². The first-order chi connectivity index (χ1) is 11.4. The average Bonchev–Trinajstić information content (AvgIpc) is 2.94. The minimum atomic E-state index is -1.14. The van der Waals surface area contributed by atoms with Gasteiger partial charge in [-0.3, -0.25) is 9.78 Å². The Morgan fingerprint density at radius 1 is 1.29 bits per heavy atom. The van der Waals surface area contributed by atoms with Gasteiger partial charge in [-0.25, -0.2) is 9.78 Å². The number of halogens is 1. The molecule has 0 spiro atoms. The summed E-state index contributed by atoms with van der Waals surface area (Å²) >= 11 is 5.91. The van der Waals surface area contributed by atoms with E-state index in [0.717, 1.165) is 0 Å². The molecule has 0 saturated heterocycles. The molecule has 122 valence electrons. The van der Waals surface area contributed by atoms with E-state index in [2.05, 4.69) is 15.3 Å². The first-order valence-electron chi connectivity index (χ1n) is 6.96. The van der Waals surface area contributed by atoms with Crippen LogP contribution in [-0.4, -0.2) is 27.0 Å². The van der Waals surface area contributed by atoms with E-state index in [0.29, 0.717) is 21.9 Å². The van der Waals surface area contributed by atoms with Crippen molar-refractivity contribution in [1.82, 2.24) is 15.3 Å². The lowest BCUT2D eigenvalue weighted by Crippen LogP contribution is -2.23. The molecule has 0 fully saturated rings. The maximum absolute atomic E-state index is 12.0. The number of aromatic nitrogens is 2. The van der Waals surface area contributed by atoms with E-state index < -0.39 is 11.9 Å². The van der Waals surface area contributed by atoms with Gasteiger partial charge in [-0.15, -0.1) is 0 Å². The molecule has 0 aliphatic rings. The van der Waals surface area contributed by atoms with Crippen molar-refractivity contribution in [3.8, 4) is 0 Å². The molecular weight excluding hydrogens is 334 g/mol. The van der Waals surface area contributed by atoms with Gasteiger partial charge in [-0.2, -0.15) is 0 Å². The number of carboxylic acids is 1. The zero-order chi connectivity index (χ0) is 17.3. The van der Waals surface area contributed by atoms with Crippen LogP contribution in [0, 0.1) is 6.92 Å². The molecule has 24 heavy (non-hydrogen) atoms. The molecule has 0 bridgehead atoms. The lowest BCUT2D eigenvalue weighted by molar-refractivity contribution is 0.0697. The predicted octanol–water partition coefficient (Wildman–Crippen LogP) is 2.81. The summed E-state index contributed by atoms with van der Waals surface area (Å²) in [5, 5.41) is 12.7. The number of carbonyl (C=O) groups excluding carboxylic acids is 1. The highest BCUT2D eigenvalue weighted by molar-refractivity contribution is 6.32. The summed E-state index contributed by atoms with van der Waals surface area (Å²) in [7, 11) is 0. The number of carboxylic acid groups (broad SMARTS) is 1. The highest BCUT2D eigenvalue weighted by Gasteiger charge is 2.16. The largest absolute Gasteiger partial charge is 0.478 e. The fourth-order valence-electron chi connectivity index (χ4n) is 2.25. The molecule has 0 unspecified atom stereocenters. The predicted molar refractivity (Wildman–Crippen MR) is 86.1 cm³/mol. The highest BCUT2D eigenvalue weighted by Crippen LogP contribution is 2.27. The van der Waals surface area contributed by atoms with Gasteiger partial charge in [0.05, 0.1) is 18.4 Å². The van der Waals surface area contributed by atoms with Crippen LogP contribution in [0.15, 0.2) is 35.0 Å². The van der Waals surface area contributed by atoms with Crippen LogP contribution in [0.4, 0.5) is 0 Å². The summed E-state index contributed by atoms with van der Waals surface area (Å²) in [6, 6.07) is 4.56. The third-order valence-corrected chi connectivity index (χ3v) is 3.49. The molecule has 8 heteroatoms. The number of furan rings is 1. The van der Waals surface area contributed by atoms with Gasteiger partial charge in [0.2, 0.25) is 0 Å². The zero-order valence-corrected chi connectivity index (χ0v) is 13.3. The van der Waals surface area contributed by atoms with Crippen LogP contribution in [0.5, 0.6) is 0 Å². The van der Waals surface area contributed by atoms with Crippen LogP contribution in [0.1, 0.15) is 32.3 Å². The Kier molecular flexibility index (Phi) is 4.18. The molecule has 0 aliphatic carbocycles. The Morgan fingerprint density at radius 3 is 2.79 bits per heavy atom. The zero-order valence-electron chi connectivity index (χ0n) is 12.5. The molecule has 0 radical (unpaired) electrons. The van der Waals surface area contributed by atoms with E-state index in [4.69, 9.17) is 16.0 Å². The molecule has 1 amide bonds. The Balaban J connectivity index is 1.82. The first-order valence-corrected chi connectivity index (χ1v) is 7.34. The fourth-order valence-corrected chi connectivity index (χ4v) is 2.47. The molecule has 0 aliphatic heterocycles. The molecule has 2 heterocycles. The number of carbonyl (C=O) groups is 2. The Bertz CT molecular complexity index is 952. The summed E-state index contributed by atoms with van der Waals surface area (Å²) in [6.07, 6.45) is 2.91. The van der Waals surface area contributed by atoms with Gasteiger partial charge in [-0.1, -0.05) is 11.6 Å². The number of aromatic carboxylic acids is 1. The van der Waals surface area contributed by atoms with Crippen molar-refractivity contribution in [1.29, 1.82) is 0 Å². The van der Waals surface area contributed by atoms with Crippen LogP contribution in [0.3, 0.4) is 0 Å². The van der Waals surface area contributed by atoms with Crippen molar-refractivity contribution < 1.29 is 19.1 Å². The van der Waals surface area contributed by atoms with Crippen LogP contribution in [-0.2, 0) is 6.54 Å². The van der Waals surface area contributed by atoms with Crippen molar-refractivity contribution in [3.63, 3.8) is 0 Å². The van der Waals surface area contributed by atoms with Crippen LogP contribution < -0.4 is 5.32 Å². The SMILES string of the molecule is Cc1cncc(C(=O)NCc2cc3cc(Cl)cc(C(=O)O)c3o2)n1. The van der Waals surface area contributed by atoms with Gasteiger partial charge in [-0.05, 0) is 25.1 Å². The molecule has 3 aromatic rings. The number of aryl methyl sites for hydroxylation is 1. The summed E-state index contributed by atoms with van der Waals surface area (Å²) in [5.41, 5.74) is 1.01. The highest BCUT2D eigenvalue weighted by atomic mass is 35.5. The minimum Gasteiger partial charge on any atom is -0.478 e. The van der Waals surface area contributed by atoms with Crippen molar-refractivity contribution in [2.24, 2.45) is 0 Å².